The van der Waals surface area contributed by atoms with Crippen LogP contribution in [0.1, 0.15) is 38.3 Å². The summed E-state index contributed by atoms with van der Waals surface area (Å²) in [7, 11) is 0. The lowest BCUT2D eigenvalue weighted by molar-refractivity contribution is 0.0721. The SMILES string of the molecule is CCN(Cc1cn(CC2CCNCC2)nn1)C[C@H]1CCCO1. The number of hydrogen-bond donors (Lipinski definition) is 1. The molecule has 0 aliphatic carbocycles. The number of likely N-dealkylation sites (N-methyl/N-ethyl adjacent to an activating group) is 1. The lowest BCUT2D eigenvalue weighted by atomic mass is 9.98. The summed E-state index contributed by atoms with van der Waals surface area (Å²) >= 11 is 0. The summed E-state index contributed by atoms with van der Waals surface area (Å²) in [5, 5.41) is 12.1. The lowest BCUT2D eigenvalue weighted by Gasteiger charge is -2.22. The summed E-state index contributed by atoms with van der Waals surface area (Å²) in [6, 6.07) is 0. The van der Waals surface area contributed by atoms with Crippen LogP contribution in [0.15, 0.2) is 6.20 Å². The standard InChI is InChI=1S/C16H29N5O/c1-2-20(13-16-4-3-9-22-16)11-15-12-21(19-18-15)10-14-5-7-17-8-6-14/h12,14,16-17H,2-11,13H2,1H3/t16-/m1/s1. The molecule has 2 saturated heterocycles. The molecule has 0 bridgehead atoms. The van der Waals surface area contributed by atoms with Gasteiger partial charge in [-0.05, 0) is 51.2 Å². The number of nitrogens with zero attached hydrogens (tertiary/aromatic N) is 4. The quantitative estimate of drug-likeness (QED) is 0.822. The number of aromatic nitrogens is 3. The van der Waals surface area contributed by atoms with Crippen molar-refractivity contribution in [2.75, 3.05) is 32.8 Å². The summed E-state index contributed by atoms with van der Waals surface area (Å²) in [6.07, 6.45) is 7.42. The maximum atomic E-state index is 5.74. The molecule has 0 unspecified atom stereocenters. The van der Waals surface area contributed by atoms with Gasteiger partial charge in [0.25, 0.3) is 0 Å². The molecule has 2 aliphatic heterocycles. The molecule has 3 heterocycles. The summed E-state index contributed by atoms with van der Waals surface area (Å²) in [5.41, 5.74) is 1.08. The molecule has 0 aromatic carbocycles. The monoisotopic (exact) mass is 307 g/mol. The van der Waals surface area contributed by atoms with Crippen LogP contribution in [0.3, 0.4) is 0 Å². The predicted octanol–water partition coefficient (Wildman–Crippen LogP) is 1.28. The number of nitrogens with one attached hydrogen (secondary N) is 1. The first-order valence-electron chi connectivity index (χ1n) is 8.77. The molecule has 1 aromatic heterocycles. The highest BCUT2D eigenvalue weighted by Gasteiger charge is 2.19. The molecule has 0 spiro atoms. The Bertz CT molecular complexity index is 437. The zero-order valence-electron chi connectivity index (χ0n) is 13.7. The van der Waals surface area contributed by atoms with Gasteiger partial charge in [-0.2, -0.15) is 0 Å². The van der Waals surface area contributed by atoms with E-state index in [4.69, 9.17) is 4.74 Å². The van der Waals surface area contributed by atoms with Crippen molar-refractivity contribution in [3.63, 3.8) is 0 Å². The average Bonchev–Trinajstić information content (AvgIpc) is 3.20. The van der Waals surface area contributed by atoms with Gasteiger partial charge in [-0.3, -0.25) is 9.58 Å². The Balaban J connectivity index is 1.48. The molecule has 1 aromatic rings. The van der Waals surface area contributed by atoms with Crippen LogP contribution in [0.2, 0.25) is 0 Å². The van der Waals surface area contributed by atoms with Crippen molar-refractivity contribution in [2.45, 2.75) is 51.8 Å². The van der Waals surface area contributed by atoms with E-state index < -0.39 is 0 Å². The van der Waals surface area contributed by atoms with Gasteiger partial charge in [0, 0.05) is 32.4 Å². The Labute approximate surface area is 133 Å². The van der Waals surface area contributed by atoms with Crippen LogP contribution in [0.5, 0.6) is 0 Å². The number of piperidine rings is 1. The van der Waals surface area contributed by atoms with Crippen molar-refractivity contribution in [1.82, 2.24) is 25.2 Å². The highest BCUT2D eigenvalue weighted by Crippen LogP contribution is 2.16. The minimum absolute atomic E-state index is 0.407. The van der Waals surface area contributed by atoms with Crippen LogP contribution in [0.25, 0.3) is 0 Å². The molecule has 2 aliphatic rings. The smallest absolute Gasteiger partial charge is 0.0967 e. The van der Waals surface area contributed by atoms with E-state index in [-0.39, 0.29) is 0 Å². The van der Waals surface area contributed by atoms with Crippen LogP contribution >= 0.6 is 0 Å². The average molecular weight is 307 g/mol. The van der Waals surface area contributed by atoms with E-state index in [1.807, 2.05) is 4.68 Å². The van der Waals surface area contributed by atoms with E-state index in [1.54, 1.807) is 0 Å². The molecule has 22 heavy (non-hydrogen) atoms. The van der Waals surface area contributed by atoms with Crippen LogP contribution in [0, 0.1) is 5.92 Å². The third-order valence-corrected chi connectivity index (χ3v) is 4.81. The summed E-state index contributed by atoms with van der Waals surface area (Å²) in [4.78, 5) is 2.41. The molecule has 1 atom stereocenters. The zero-order valence-corrected chi connectivity index (χ0v) is 13.7. The second-order valence-corrected chi connectivity index (χ2v) is 6.59. The molecular weight excluding hydrogens is 278 g/mol. The summed E-state index contributed by atoms with van der Waals surface area (Å²) < 4.78 is 7.77. The normalized spacial score (nSPS) is 23.5. The van der Waals surface area contributed by atoms with Gasteiger partial charge in [-0.25, -0.2) is 0 Å². The van der Waals surface area contributed by atoms with Crippen molar-refractivity contribution >= 4 is 0 Å². The molecule has 124 valence electrons. The van der Waals surface area contributed by atoms with Gasteiger partial charge >= 0.3 is 0 Å². The maximum Gasteiger partial charge on any atom is 0.0967 e. The maximum absolute atomic E-state index is 5.74. The fourth-order valence-corrected chi connectivity index (χ4v) is 3.44. The summed E-state index contributed by atoms with van der Waals surface area (Å²) in [6.45, 7) is 9.32. The van der Waals surface area contributed by atoms with Gasteiger partial charge in [-0.15, -0.1) is 5.10 Å². The molecule has 3 rings (SSSR count). The Morgan fingerprint density at radius 3 is 2.95 bits per heavy atom. The summed E-state index contributed by atoms with van der Waals surface area (Å²) in [5.74, 6) is 0.741. The minimum atomic E-state index is 0.407. The minimum Gasteiger partial charge on any atom is -0.377 e. The van der Waals surface area contributed by atoms with Crippen LogP contribution in [-0.2, 0) is 17.8 Å². The first kappa shape index (κ1) is 15.9. The van der Waals surface area contributed by atoms with Crippen molar-refractivity contribution in [3.8, 4) is 0 Å². The van der Waals surface area contributed by atoms with Crippen molar-refractivity contribution in [3.05, 3.63) is 11.9 Å². The topological polar surface area (TPSA) is 55.2 Å². The molecule has 6 nitrogen and oxygen atoms in total. The fraction of sp³-hybridized carbons (Fsp3) is 0.875. The van der Waals surface area contributed by atoms with Gasteiger partial charge in [0.05, 0.1) is 11.8 Å². The second kappa shape index (κ2) is 8.04. The first-order chi connectivity index (χ1) is 10.8. The number of hydrogen-bond acceptors (Lipinski definition) is 5. The first-order valence-corrected chi connectivity index (χ1v) is 8.77. The van der Waals surface area contributed by atoms with Gasteiger partial charge in [0.1, 0.15) is 0 Å². The molecular formula is C16H29N5O. The lowest BCUT2D eigenvalue weighted by Crippen LogP contribution is -2.31. The molecule has 1 N–H and O–H groups in total. The number of rotatable bonds is 7. The third-order valence-electron chi connectivity index (χ3n) is 4.81. The van der Waals surface area contributed by atoms with E-state index in [9.17, 15) is 0 Å². The van der Waals surface area contributed by atoms with Crippen LogP contribution in [-0.4, -0.2) is 58.8 Å². The molecule has 6 heteroatoms. The Morgan fingerprint density at radius 2 is 2.23 bits per heavy atom. The van der Waals surface area contributed by atoms with Crippen LogP contribution in [0.4, 0.5) is 0 Å². The molecule has 0 saturated carbocycles. The van der Waals surface area contributed by atoms with E-state index in [2.05, 4.69) is 33.6 Å². The third kappa shape index (κ3) is 4.51. The zero-order chi connectivity index (χ0) is 15.2. The van der Waals surface area contributed by atoms with Crippen molar-refractivity contribution in [2.24, 2.45) is 5.92 Å². The highest BCUT2D eigenvalue weighted by atomic mass is 16.5. The van der Waals surface area contributed by atoms with Crippen molar-refractivity contribution in [1.29, 1.82) is 0 Å². The van der Waals surface area contributed by atoms with Crippen molar-refractivity contribution < 1.29 is 4.74 Å². The molecule has 0 amide bonds. The van der Waals surface area contributed by atoms with Gasteiger partial charge < -0.3 is 10.1 Å². The van der Waals surface area contributed by atoms with Gasteiger partial charge in [0.2, 0.25) is 0 Å². The largest absolute Gasteiger partial charge is 0.377 e. The molecule has 0 radical (unpaired) electrons. The predicted molar refractivity (Wildman–Crippen MR) is 85.5 cm³/mol. The second-order valence-electron chi connectivity index (χ2n) is 6.59. The Morgan fingerprint density at radius 1 is 1.36 bits per heavy atom. The van der Waals surface area contributed by atoms with Gasteiger partial charge in [-0.1, -0.05) is 12.1 Å². The molecule has 2 fully saturated rings. The Hall–Kier alpha value is -0.980. The highest BCUT2D eigenvalue weighted by molar-refractivity contribution is 4.93. The van der Waals surface area contributed by atoms with Gasteiger partial charge in [0.15, 0.2) is 0 Å². The van der Waals surface area contributed by atoms with E-state index in [0.29, 0.717) is 6.10 Å². The van der Waals surface area contributed by atoms with E-state index >= 15 is 0 Å². The van der Waals surface area contributed by atoms with E-state index in [0.717, 1.165) is 57.5 Å². The fourth-order valence-electron chi connectivity index (χ4n) is 3.44. The van der Waals surface area contributed by atoms with Crippen LogP contribution < -0.4 is 5.32 Å². The Kier molecular flexibility index (Phi) is 5.81. The van der Waals surface area contributed by atoms with E-state index in [1.165, 1.54) is 25.7 Å². The number of ether oxygens (including phenoxy) is 1.